The fraction of sp³-hybridized carbons (Fsp3) is 0.304. The minimum Gasteiger partial charge on any atom is -0.384 e. The quantitative estimate of drug-likeness (QED) is 0.679. The molecule has 2 aliphatic rings. The third-order valence-electron chi connectivity index (χ3n) is 5.78. The summed E-state index contributed by atoms with van der Waals surface area (Å²) >= 11 is 8.05. The lowest BCUT2D eigenvalue weighted by atomic mass is 9.75. The van der Waals surface area contributed by atoms with Crippen molar-refractivity contribution in [2.24, 2.45) is 5.73 Å². The molecule has 0 saturated carbocycles. The number of benzene rings is 1. The monoisotopic (exact) mass is 423 g/mol. The van der Waals surface area contributed by atoms with E-state index in [4.69, 9.17) is 17.3 Å². The zero-order valence-electron chi connectivity index (χ0n) is 16.7. The van der Waals surface area contributed by atoms with Crippen molar-refractivity contribution in [2.45, 2.75) is 46.0 Å². The molecule has 0 spiro atoms. The van der Waals surface area contributed by atoms with E-state index >= 15 is 0 Å². The highest BCUT2D eigenvalue weighted by atomic mass is 35.5. The molecule has 0 saturated heterocycles. The molecule has 1 unspecified atom stereocenters. The van der Waals surface area contributed by atoms with Crippen LogP contribution in [0, 0.1) is 32.1 Å². The fourth-order valence-electron chi connectivity index (χ4n) is 4.45. The fourth-order valence-corrected chi connectivity index (χ4v) is 5.58. The first kappa shape index (κ1) is 19.8. The van der Waals surface area contributed by atoms with Crippen LogP contribution in [0.15, 0.2) is 46.9 Å². The normalized spacial score (nSPS) is 19.5. The largest absolute Gasteiger partial charge is 0.384 e. The number of rotatable bonds is 2. The molecule has 29 heavy (non-hydrogen) atoms. The number of halogens is 1. The Morgan fingerprint density at radius 2 is 2.03 bits per heavy atom. The number of Topliss-reactive ketones (excluding diaryl/α,β-unsaturated/α-hetero) is 1. The number of carbonyl (C=O) groups excluding carboxylic acids is 1. The molecule has 6 heteroatoms. The Morgan fingerprint density at radius 3 is 2.69 bits per heavy atom. The van der Waals surface area contributed by atoms with Crippen molar-refractivity contribution < 1.29 is 4.79 Å². The molecule has 0 bridgehead atoms. The van der Waals surface area contributed by atoms with Gasteiger partial charge in [-0.25, -0.2) is 0 Å². The first-order valence-corrected chi connectivity index (χ1v) is 10.8. The van der Waals surface area contributed by atoms with Crippen LogP contribution in [0.2, 0.25) is 5.02 Å². The average molecular weight is 424 g/mol. The Hall–Kier alpha value is -2.55. The molecule has 148 valence electrons. The number of nitriles is 1. The topological polar surface area (TPSA) is 70.1 Å². The van der Waals surface area contributed by atoms with Crippen LogP contribution in [0.3, 0.4) is 0 Å². The van der Waals surface area contributed by atoms with E-state index in [-0.39, 0.29) is 5.78 Å². The number of nitrogens with two attached hydrogens (primary N) is 1. The highest BCUT2D eigenvalue weighted by molar-refractivity contribution is 7.12. The SMILES string of the molecule is Cc1cc(C2C(C#N)=C(N)N(c3cccc(Cl)c3C)C3=C2C(=O)CCC3)c(C)s1. The summed E-state index contributed by atoms with van der Waals surface area (Å²) in [5.41, 5.74) is 11.4. The van der Waals surface area contributed by atoms with Crippen LogP contribution in [0.5, 0.6) is 0 Å². The summed E-state index contributed by atoms with van der Waals surface area (Å²) in [6.07, 6.45) is 2.01. The molecule has 2 heterocycles. The van der Waals surface area contributed by atoms with Crippen LogP contribution in [0.1, 0.15) is 46.1 Å². The zero-order chi connectivity index (χ0) is 20.9. The van der Waals surface area contributed by atoms with Gasteiger partial charge in [0.25, 0.3) is 0 Å². The van der Waals surface area contributed by atoms with E-state index in [1.54, 1.807) is 11.3 Å². The van der Waals surface area contributed by atoms with Crippen LogP contribution in [0.25, 0.3) is 0 Å². The number of carbonyl (C=O) groups is 1. The minimum absolute atomic E-state index is 0.101. The lowest BCUT2D eigenvalue weighted by molar-refractivity contribution is -0.116. The standard InChI is InChI=1S/C23H22ClN3OS/c1-12-10-15(14(3)29-12)21-16(11-25)23(26)27(18-7-4-6-17(24)13(18)2)19-8-5-9-20(28)22(19)21/h4,6-7,10,21H,5,8-9,26H2,1-3H3. The highest BCUT2D eigenvalue weighted by Gasteiger charge is 2.41. The summed E-state index contributed by atoms with van der Waals surface area (Å²) in [6, 6.07) is 10.0. The second-order valence-electron chi connectivity index (χ2n) is 7.57. The minimum atomic E-state index is -0.400. The third-order valence-corrected chi connectivity index (χ3v) is 7.17. The maximum Gasteiger partial charge on any atom is 0.161 e. The summed E-state index contributed by atoms with van der Waals surface area (Å²) in [7, 11) is 0. The molecule has 1 aliphatic heterocycles. The molecule has 1 aromatic heterocycles. The van der Waals surface area contributed by atoms with Gasteiger partial charge in [0, 0.05) is 32.5 Å². The molecule has 1 aliphatic carbocycles. The molecular formula is C23H22ClN3OS. The second kappa shape index (κ2) is 7.37. The Bertz CT molecular complexity index is 1140. The van der Waals surface area contributed by atoms with E-state index in [2.05, 4.69) is 12.1 Å². The van der Waals surface area contributed by atoms with Crippen LogP contribution in [-0.2, 0) is 4.79 Å². The van der Waals surface area contributed by atoms with E-state index in [1.807, 2.05) is 43.9 Å². The van der Waals surface area contributed by atoms with Gasteiger partial charge in [0.1, 0.15) is 5.82 Å². The number of ketones is 1. The van der Waals surface area contributed by atoms with Gasteiger partial charge in [-0.2, -0.15) is 5.26 Å². The second-order valence-corrected chi connectivity index (χ2v) is 9.44. The van der Waals surface area contributed by atoms with Crippen molar-refractivity contribution >= 4 is 34.4 Å². The maximum absolute atomic E-state index is 13.1. The van der Waals surface area contributed by atoms with Crippen molar-refractivity contribution in [3.8, 4) is 6.07 Å². The van der Waals surface area contributed by atoms with E-state index in [0.29, 0.717) is 28.4 Å². The molecule has 0 amide bonds. The summed E-state index contributed by atoms with van der Waals surface area (Å²) < 4.78 is 0. The highest BCUT2D eigenvalue weighted by Crippen LogP contribution is 2.48. The van der Waals surface area contributed by atoms with Crippen LogP contribution >= 0.6 is 22.9 Å². The van der Waals surface area contributed by atoms with E-state index < -0.39 is 5.92 Å². The third kappa shape index (κ3) is 3.08. The molecule has 4 nitrogen and oxygen atoms in total. The number of nitrogens with zero attached hydrogens (tertiary/aromatic N) is 2. The van der Waals surface area contributed by atoms with Crippen LogP contribution in [0.4, 0.5) is 5.69 Å². The van der Waals surface area contributed by atoms with Gasteiger partial charge in [0.05, 0.1) is 23.2 Å². The summed E-state index contributed by atoms with van der Waals surface area (Å²) in [4.78, 5) is 17.3. The Labute approximate surface area is 179 Å². The van der Waals surface area contributed by atoms with Crippen molar-refractivity contribution in [3.05, 3.63) is 72.8 Å². The molecule has 4 rings (SSSR count). The molecule has 1 atom stereocenters. The van der Waals surface area contributed by atoms with E-state index in [0.717, 1.165) is 45.1 Å². The predicted molar refractivity (Wildman–Crippen MR) is 118 cm³/mol. The number of hydrogen-bond acceptors (Lipinski definition) is 5. The predicted octanol–water partition coefficient (Wildman–Crippen LogP) is 5.63. The summed E-state index contributed by atoms with van der Waals surface area (Å²) in [5.74, 6) is 0.0903. The number of aryl methyl sites for hydroxylation is 2. The number of thiophene rings is 1. The van der Waals surface area contributed by atoms with E-state index in [1.165, 1.54) is 0 Å². The maximum atomic E-state index is 13.1. The molecule has 2 N–H and O–H groups in total. The van der Waals surface area contributed by atoms with Crippen molar-refractivity contribution in [2.75, 3.05) is 4.90 Å². The van der Waals surface area contributed by atoms with Crippen molar-refractivity contribution in [3.63, 3.8) is 0 Å². The number of allylic oxidation sites excluding steroid dienone is 3. The van der Waals surface area contributed by atoms with Gasteiger partial charge in [-0.3, -0.25) is 9.69 Å². The van der Waals surface area contributed by atoms with Crippen molar-refractivity contribution in [1.82, 2.24) is 0 Å². The first-order valence-electron chi connectivity index (χ1n) is 9.63. The lowest BCUT2D eigenvalue weighted by Gasteiger charge is -2.40. The van der Waals surface area contributed by atoms with Crippen molar-refractivity contribution in [1.29, 1.82) is 5.26 Å². The number of hydrogen-bond donors (Lipinski definition) is 1. The average Bonchev–Trinajstić information content (AvgIpc) is 3.01. The lowest BCUT2D eigenvalue weighted by Crippen LogP contribution is -2.39. The first-order chi connectivity index (χ1) is 13.8. The molecule has 0 fully saturated rings. The van der Waals surface area contributed by atoms with Gasteiger partial charge >= 0.3 is 0 Å². The van der Waals surface area contributed by atoms with Gasteiger partial charge in [-0.05, 0) is 62.9 Å². The summed E-state index contributed by atoms with van der Waals surface area (Å²) in [5, 5.41) is 10.7. The smallest absolute Gasteiger partial charge is 0.161 e. The molecule has 1 aromatic carbocycles. The number of anilines is 1. The van der Waals surface area contributed by atoms with Gasteiger partial charge in [0.2, 0.25) is 0 Å². The van der Waals surface area contributed by atoms with Gasteiger partial charge < -0.3 is 5.73 Å². The Balaban J connectivity index is 2.02. The Morgan fingerprint density at radius 1 is 1.28 bits per heavy atom. The zero-order valence-corrected chi connectivity index (χ0v) is 18.2. The molecule has 2 aromatic rings. The molecule has 0 radical (unpaired) electrons. The van der Waals surface area contributed by atoms with Gasteiger partial charge in [-0.1, -0.05) is 17.7 Å². The van der Waals surface area contributed by atoms with E-state index in [9.17, 15) is 10.1 Å². The Kier molecular flexibility index (Phi) is 5.02. The van der Waals surface area contributed by atoms with Gasteiger partial charge in [-0.15, -0.1) is 11.3 Å². The van der Waals surface area contributed by atoms with Crippen LogP contribution < -0.4 is 10.6 Å². The summed E-state index contributed by atoms with van der Waals surface area (Å²) in [6.45, 7) is 6.02. The van der Waals surface area contributed by atoms with Gasteiger partial charge in [0.15, 0.2) is 5.78 Å². The molecular weight excluding hydrogens is 402 g/mol. The van der Waals surface area contributed by atoms with Crippen LogP contribution in [-0.4, -0.2) is 5.78 Å².